The normalized spacial score (nSPS) is 18.2. The molecule has 160 valence electrons. The predicted molar refractivity (Wildman–Crippen MR) is 125 cm³/mol. The highest BCUT2D eigenvalue weighted by molar-refractivity contribution is 5.90. The lowest BCUT2D eigenvalue weighted by atomic mass is 9.91. The van der Waals surface area contributed by atoms with Gasteiger partial charge in [-0.05, 0) is 59.5 Å². The molecule has 0 N–H and O–H groups in total. The van der Waals surface area contributed by atoms with Crippen LogP contribution in [0.15, 0.2) is 79.9 Å². The van der Waals surface area contributed by atoms with Crippen LogP contribution >= 0.6 is 0 Å². The SMILES string of the molecule is C=CC(=O)N1CCC(c2cc(C3=CN(c4cccc(F)c4)CC=C3)cc3cncnc23)C1. The number of aromatic nitrogens is 2. The van der Waals surface area contributed by atoms with E-state index in [1.54, 1.807) is 12.4 Å². The Balaban J connectivity index is 1.54. The van der Waals surface area contributed by atoms with Gasteiger partial charge in [0.25, 0.3) is 0 Å². The van der Waals surface area contributed by atoms with Gasteiger partial charge < -0.3 is 9.80 Å². The third-order valence-electron chi connectivity index (χ3n) is 6.12. The van der Waals surface area contributed by atoms with Crippen molar-refractivity contribution in [3.8, 4) is 0 Å². The third-order valence-corrected chi connectivity index (χ3v) is 6.12. The number of likely N-dealkylation sites (tertiary alicyclic amines) is 1. The highest BCUT2D eigenvalue weighted by Gasteiger charge is 2.28. The molecule has 5 rings (SSSR count). The molecule has 1 fully saturated rings. The molecule has 5 nitrogen and oxygen atoms in total. The molecule has 32 heavy (non-hydrogen) atoms. The number of anilines is 1. The van der Waals surface area contributed by atoms with Crippen LogP contribution in [0.5, 0.6) is 0 Å². The van der Waals surface area contributed by atoms with E-state index in [0.717, 1.165) is 39.7 Å². The van der Waals surface area contributed by atoms with Gasteiger partial charge in [0.15, 0.2) is 0 Å². The second kappa shape index (κ2) is 8.38. The molecule has 3 heterocycles. The molecule has 1 unspecified atom stereocenters. The molecule has 6 heteroatoms. The summed E-state index contributed by atoms with van der Waals surface area (Å²) in [5.41, 5.74) is 4.93. The Morgan fingerprint density at radius 1 is 1.25 bits per heavy atom. The van der Waals surface area contributed by atoms with Crippen LogP contribution in [0.3, 0.4) is 0 Å². The molecule has 0 bridgehead atoms. The maximum Gasteiger partial charge on any atom is 0.245 e. The summed E-state index contributed by atoms with van der Waals surface area (Å²) in [4.78, 5) is 24.7. The van der Waals surface area contributed by atoms with E-state index in [0.29, 0.717) is 19.6 Å². The van der Waals surface area contributed by atoms with E-state index in [4.69, 9.17) is 0 Å². The lowest BCUT2D eigenvalue weighted by molar-refractivity contribution is -0.125. The number of carbonyl (C=O) groups is 1. The molecule has 0 spiro atoms. The van der Waals surface area contributed by atoms with Crippen LogP contribution in [0.4, 0.5) is 10.1 Å². The van der Waals surface area contributed by atoms with Crippen molar-refractivity contribution in [2.24, 2.45) is 0 Å². The predicted octanol–water partition coefficient (Wildman–Crippen LogP) is 4.69. The summed E-state index contributed by atoms with van der Waals surface area (Å²) >= 11 is 0. The smallest absolute Gasteiger partial charge is 0.245 e. The van der Waals surface area contributed by atoms with Crippen molar-refractivity contribution in [3.63, 3.8) is 0 Å². The van der Waals surface area contributed by atoms with Gasteiger partial charge in [-0.2, -0.15) is 0 Å². The molecule has 2 aliphatic heterocycles. The lowest BCUT2D eigenvalue weighted by Gasteiger charge is -2.24. The average molecular weight is 426 g/mol. The standard InChI is InChI=1S/C26H23FN4O/c1-2-25(32)31-10-8-19(16-31)24-12-20(11-21-14-28-17-29-26(21)24)18-5-4-9-30(15-18)23-7-3-6-22(27)13-23/h2-7,11-15,17,19H,1,8-10,16H2. The van der Waals surface area contributed by atoms with Gasteiger partial charge in [0, 0.05) is 49.0 Å². The van der Waals surface area contributed by atoms with Crippen LogP contribution in [0.25, 0.3) is 16.5 Å². The van der Waals surface area contributed by atoms with E-state index in [9.17, 15) is 9.18 Å². The van der Waals surface area contributed by atoms with Crippen LogP contribution in [0.1, 0.15) is 23.5 Å². The number of hydrogen-bond acceptors (Lipinski definition) is 4. The molecule has 1 aromatic heterocycles. The molecule has 3 aromatic rings. The maximum absolute atomic E-state index is 13.7. The molecule has 2 aliphatic rings. The fourth-order valence-electron chi connectivity index (χ4n) is 4.52. The molecular formula is C26H23FN4O. The summed E-state index contributed by atoms with van der Waals surface area (Å²) in [6, 6.07) is 10.9. The number of nitrogens with zero attached hydrogens (tertiary/aromatic N) is 4. The number of amides is 1. The molecule has 1 amide bonds. The maximum atomic E-state index is 13.7. The van der Waals surface area contributed by atoms with Gasteiger partial charge in [0.1, 0.15) is 12.1 Å². The van der Waals surface area contributed by atoms with Crippen molar-refractivity contribution in [1.82, 2.24) is 14.9 Å². The summed E-state index contributed by atoms with van der Waals surface area (Å²) in [5.74, 6) is -0.0908. The fourth-order valence-corrected chi connectivity index (χ4v) is 4.52. The van der Waals surface area contributed by atoms with E-state index in [2.05, 4.69) is 40.8 Å². The zero-order valence-corrected chi connectivity index (χ0v) is 17.6. The Morgan fingerprint density at radius 2 is 2.16 bits per heavy atom. The Hall–Kier alpha value is -3.80. The van der Waals surface area contributed by atoms with Gasteiger partial charge >= 0.3 is 0 Å². The topological polar surface area (TPSA) is 49.3 Å². The van der Waals surface area contributed by atoms with Crippen LogP contribution in [-0.2, 0) is 4.79 Å². The fraction of sp³-hybridized carbons (Fsp3) is 0.192. The minimum absolute atomic E-state index is 0.0359. The number of halogens is 1. The van der Waals surface area contributed by atoms with E-state index in [1.807, 2.05) is 28.3 Å². The van der Waals surface area contributed by atoms with Crippen molar-refractivity contribution in [2.45, 2.75) is 12.3 Å². The Kier molecular flexibility index (Phi) is 5.27. The molecule has 0 radical (unpaired) electrons. The second-order valence-electron chi connectivity index (χ2n) is 8.12. The van der Waals surface area contributed by atoms with Gasteiger partial charge in [0.05, 0.1) is 5.52 Å². The second-order valence-corrected chi connectivity index (χ2v) is 8.12. The van der Waals surface area contributed by atoms with E-state index < -0.39 is 0 Å². The van der Waals surface area contributed by atoms with Gasteiger partial charge in [-0.1, -0.05) is 24.8 Å². The first-order chi connectivity index (χ1) is 15.6. The van der Waals surface area contributed by atoms with Crippen molar-refractivity contribution >= 4 is 28.1 Å². The minimum atomic E-state index is -0.253. The summed E-state index contributed by atoms with van der Waals surface area (Å²) in [6.45, 7) is 5.65. The largest absolute Gasteiger partial charge is 0.343 e. The van der Waals surface area contributed by atoms with Crippen molar-refractivity contribution in [3.05, 3.63) is 96.9 Å². The van der Waals surface area contributed by atoms with Crippen molar-refractivity contribution in [2.75, 3.05) is 24.5 Å². The Bertz CT molecular complexity index is 1270. The number of hydrogen-bond donors (Lipinski definition) is 0. The number of fused-ring (bicyclic) bond motifs is 1. The number of benzene rings is 2. The van der Waals surface area contributed by atoms with E-state index in [-0.39, 0.29) is 17.6 Å². The minimum Gasteiger partial charge on any atom is -0.343 e. The van der Waals surface area contributed by atoms with Crippen molar-refractivity contribution < 1.29 is 9.18 Å². The average Bonchev–Trinajstić information content (AvgIpc) is 3.33. The highest BCUT2D eigenvalue weighted by Crippen LogP contribution is 2.35. The van der Waals surface area contributed by atoms with Gasteiger partial charge in [0.2, 0.25) is 5.91 Å². The molecular weight excluding hydrogens is 403 g/mol. The number of carbonyl (C=O) groups excluding carboxylic acids is 1. The monoisotopic (exact) mass is 426 g/mol. The van der Waals surface area contributed by atoms with Crippen LogP contribution in [0, 0.1) is 5.82 Å². The first-order valence-corrected chi connectivity index (χ1v) is 10.7. The Morgan fingerprint density at radius 3 is 3.00 bits per heavy atom. The molecule has 1 atom stereocenters. The highest BCUT2D eigenvalue weighted by atomic mass is 19.1. The summed E-state index contributed by atoms with van der Waals surface area (Å²) < 4.78 is 13.7. The first kappa shape index (κ1) is 20.1. The lowest BCUT2D eigenvalue weighted by Crippen LogP contribution is -2.26. The number of allylic oxidation sites excluding steroid dienone is 2. The van der Waals surface area contributed by atoms with Crippen LogP contribution in [-0.4, -0.2) is 40.4 Å². The van der Waals surface area contributed by atoms with E-state index in [1.165, 1.54) is 18.2 Å². The number of rotatable bonds is 4. The summed E-state index contributed by atoms with van der Waals surface area (Å²) in [7, 11) is 0. The van der Waals surface area contributed by atoms with Gasteiger partial charge in [-0.15, -0.1) is 0 Å². The first-order valence-electron chi connectivity index (χ1n) is 10.7. The molecule has 0 aliphatic carbocycles. The summed E-state index contributed by atoms with van der Waals surface area (Å²) in [6.07, 6.45) is 11.9. The van der Waals surface area contributed by atoms with Crippen molar-refractivity contribution in [1.29, 1.82) is 0 Å². The molecule has 2 aromatic carbocycles. The van der Waals surface area contributed by atoms with Crippen LogP contribution in [0.2, 0.25) is 0 Å². The van der Waals surface area contributed by atoms with Gasteiger partial charge in [-0.25, -0.2) is 14.4 Å². The third kappa shape index (κ3) is 3.80. The molecule has 1 saturated heterocycles. The summed E-state index contributed by atoms with van der Waals surface area (Å²) in [5, 5.41) is 0.964. The van der Waals surface area contributed by atoms with E-state index >= 15 is 0 Å². The van der Waals surface area contributed by atoms with Gasteiger partial charge in [-0.3, -0.25) is 4.79 Å². The zero-order chi connectivity index (χ0) is 22.1. The Labute approximate surface area is 186 Å². The zero-order valence-electron chi connectivity index (χ0n) is 17.6. The quantitative estimate of drug-likeness (QED) is 0.568. The van der Waals surface area contributed by atoms with Crippen LogP contribution < -0.4 is 4.90 Å². The molecule has 0 saturated carbocycles.